The quantitative estimate of drug-likeness (QED) is 0.298. The number of nitriles is 1. The maximum Gasteiger partial charge on any atom is 0.728 e. The topological polar surface area (TPSA) is 105 Å². The van der Waals surface area contributed by atoms with Crippen LogP contribution in [0.25, 0.3) is 0 Å². The number of nitrogens with zero attached hydrogens (tertiary/aromatic N) is 2. The Labute approximate surface area is 214 Å². The van der Waals surface area contributed by atoms with Gasteiger partial charge in [-0.15, -0.1) is 5.75 Å². The molecule has 3 aromatic carbocycles. The second-order valence-corrected chi connectivity index (χ2v) is 9.24. The van der Waals surface area contributed by atoms with Crippen LogP contribution >= 0.6 is 19.3 Å². The molecule has 0 unspecified atom stereocenters. The highest BCUT2D eigenvalue weighted by atomic mass is 35.5. The molecule has 0 saturated carbocycles. The Morgan fingerprint density at radius 2 is 1.28 bits per heavy atom. The summed E-state index contributed by atoms with van der Waals surface area (Å²) in [4.78, 5) is 0. The zero-order chi connectivity index (χ0) is 26.0. The minimum Gasteiger partial charge on any atom is -0.872 e. The molecular weight excluding hydrogens is 503 g/mol. The van der Waals surface area contributed by atoms with Crippen LogP contribution in [0.5, 0.6) is 28.7 Å². The third kappa shape index (κ3) is 7.41. The third-order valence-electron chi connectivity index (χ3n) is 4.58. The molecule has 10 heteroatoms. The molecular formula is C26H22ClN2O6P. The summed E-state index contributed by atoms with van der Waals surface area (Å²) in [5.41, 5.74) is 0.427. The number of ether oxygens (including phenoxy) is 2. The van der Waals surface area contributed by atoms with Crippen LogP contribution in [0.15, 0.2) is 97.3 Å². The van der Waals surface area contributed by atoms with Crippen LogP contribution in [0.3, 0.4) is 0 Å². The Morgan fingerprint density at radius 3 is 1.64 bits per heavy atom. The fraction of sp³-hybridized carbons (Fsp3) is 0.0769. The molecule has 0 bridgehead atoms. The molecule has 0 N–H and O–H groups in total. The first-order valence-electron chi connectivity index (χ1n) is 10.5. The van der Waals surface area contributed by atoms with E-state index >= 15 is 0 Å². The van der Waals surface area contributed by atoms with Crippen molar-refractivity contribution in [1.29, 1.82) is 5.26 Å². The van der Waals surface area contributed by atoms with Gasteiger partial charge in [-0.05, 0) is 54.6 Å². The summed E-state index contributed by atoms with van der Waals surface area (Å²) >= 11 is 5.44. The molecule has 36 heavy (non-hydrogen) atoms. The molecule has 0 aliphatic heterocycles. The number of halogens is 1. The Kier molecular flexibility index (Phi) is 9.18. The van der Waals surface area contributed by atoms with Crippen LogP contribution in [-0.2, 0) is 4.57 Å². The largest absolute Gasteiger partial charge is 0.872 e. The minimum absolute atomic E-state index is 0.0440. The highest BCUT2D eigenvalue weighted by molar-refractivity contribution is 7.47. The average Bonchev–Trinajstić information content (AvgIpc) is 2.90. The molecule has 4 aromatic rings. The average molecular weight is 525 g/mol. The summed E-state index contributed by atoms with van der Waals surface area (Å²) in [6.07, 6.45) is 2.96. The third-order valence-corrected chi connectivity index (χ3v) is 6.53. The van der Waals surface area contributed by atoms with Crippen LogP contribution < -0.4 is 28.0 Å². The standard InChI is InChI=1S/C20H18N2O5P.C6H5ClO/c1-24-17-3-7-19(8-4-17)26-28(23,22-13-11-16(15-21)12-14-22)27-20-9-5-18(25-2)6-10-20;7-5-2-1-3-6(8)4-5/h3-14H,1-2H3;1-4,8H/q+1;/p-1. The normalized spacial score (nSPS) is 10.3. The number of rotatable bonds is 7. The van der Waals surface area contributed by atoms with Gasteiger partial charge in [0, 0.05) is 17.2 Å². The Balaban J connectivity index is 0.000000383. The summed E-state index contributed by atoms with van der Waals surface area (Å²) in [5.74, 6) is 1.93. The van der Waals surface area contributed by atoms with E-state index in [4.69, 9.17) is 35.4 Å². The first kappa shape index (κ1) is 26.4. The lowest BCUT2D eigenvalue weighted by Gasteiger charge is -2.14. The molecule has 0 aliphatic carbocycles. The SMILES string of the molecule is COc1ccc(OP(=O)(Oc2ccc(OC)cc2)[n+]2ccc(C#N)cc2)cc1.[O-]c1cccc(Cl)c1. The molecule has 4 rings (SSSR count). The summed E-state index contributed by atoms with van der Waals surface area (Å²) < 4.78 is 36.7. The number of hydrogen-bond acceptors (Lipinski definition) is 7. The minimum atomic E-state index is -3.87. The molecule has 184 valence electrons. The number of hydrogen-bond donors (Lipinski definition) is 0. The van der Waals surface area contributed by atoms with E-state index in [-0.39, 0.29) is 5.75 Å². The van der Waals surface area contributed by atoms with Gasteiger partial charge in [-0.1, -0.05) is 34.1 Å². The lowest BCUT2D eigenvalue weighted by Crippen LogP contribution is -2.35. The van der Waals surface area contributed by atoms with Crippen molar-refractivity contribution in [3.05, 3.63) is 108 Å². The van der Waals surface area contributed by atoms with E-state index in [1.165, 1.54) is 41.0 Å². The molecule has 8 nitrogen and oxygen atoms in total. The second-order valence-electron chi connectivity index (χ2n) is 7.04. The molecule has 0 radical (unpaired) electrons. The maximum atomic E-state index is 13.6. The van der Waals surface area contributed by atoms with Crippen LogP contribution in [0, 0.1) is 11.3 Å². The predicted octanol–water partition coefficient (Wildman–Crippen LogP) is 5.39. The summed E-state index contributed by atoms with van der Waals surface area (Å²) in [6, 6.07) is 24.5. The zero-order valence-corrected chi connectivity index (χ0v) is 21.1. The molecule has 1 heterocycles. The van der Waals surface area contributed by atoms with Crippen molar-refractivity contribution < 1.29 is 32.5 Å². The van der Waals surface area contributed by atoms with Crippen molar-refractivity contribution in [2.24, 2.45) is 0 Å². The van der Waals surface area contributed by atoms with Gasteiger partial charge >= 0.3 is 7.75 Å². The van der Waals surface area contributed by atoms with Crippen molar-refractivity contribution in [2.75, 3.05) is 14.2 Å². The summed E-state index contributed by atoms with van der Waals surface area (Å²) in [6.45, 7) is 0. The second kappa shape index (κ2) is 12.5. The Bertz CT molecular complexity index is 1290. The van der Waals surface area contributed by atoms with Crippen molar-refractivity contribution in [1.82, 2.24) is 0 Å². The van der Waals surface area contributed by atoms with Crippen LogP contribution in [0.2, 0.25) is 5.02 Å². The first-order valence-corrected chi connectivity index (χ1v) is 12.3. The van der Waals surface area contributed by atoms with Gasteiger partial charge in [0.25, 0.3) is 0 Å². The van der Waals surface area contributed by atoms with Crippen molar-refractivity contribution in [2.45, 2.75) is 0 Å². The van der Waals surface area contributed by atoms with Gasteiger partial charge in [-0.3, -0.25) is 0 Å². The fourth-order valence-electron chi connectivity index (χ4n) is 2.78. The Morgan fingerprint density at radius 1 is 0.806 bits per heavy atom. The molecule has 0 atom stereocenters. The maximum absolute atomic E-state index is 13.6. The summed E-state index contributed by atoms with van der Waals surface area (Å²) in [5, 5.41) is 19.9. The van der Waals surface area contributed by atoms with E-state index < -0.39 is 7.75 Å². The van der Waals surface area contributed by atoms with Crippen LogP contribution in [0.4, 0.5) is 0 Å². The summed E-state index contributed by atoms with van der Waals surface area (Å²) in [7, 11) is -0.756. The van der Waals surface area contributed by atoms with Gasteiger partial charge < -0.3 is 23.6 Å². The van der Waals surface area contributed by atoms with Crippen LogP contribution in [-0.4, -0.2) is 14.2 Å². The smallest absolute Gasteiger partial charge is 0.728 e. The first-order chi connectivity index (χ1) is 17.3. The van der Waals surface area contributed by atoms with Crippen LogP contribution in [0.1, 0.15) is 5.56 Å². The molecule has 0 spiro atoms. The van der Waals surface area contributed by atoms with Gasteiger partial charge in [0.05, 0.1) is 25.9 Å². The van der Waals surface area contributed by atoms with Crippen molar-refractivity contribution in [3.8, 4) is 34.8 Å². The van der Waals surface area contributed by atoms with E-state index in [9.17, 15) is 9.67 Å². The lowest BCUT2D eigenvalue weighted by atomic mass is 10.3. The predicted molar refractivity (Wildman–Crippen MR) is 132 cm³/mol. The highest BCUT2D eigenvalue weighted by Crippen LogP contribution is 2.44. The Hall–Kier alpha value is -4.18. The van der Waals surface area contributed by atoms with Gasteiger partial charge in [0.2, 0.25) is 0 Å². The van der Waals surface area contributed by atoms with Gasteiger partial charge in [-0.2, -0.15) is 9.83 Å². The molecule has 0 saturated heterocycles. The molecule has 1 aromatic heterocycles. The van der Waals surface area contributed by atoms with E-state index in [1.807, 2.05) is 6.07 Å². The monoisotopic (exact) mass is 524 g/mol. The van der Waals surface area contributed by atoms with E-state index in [1.54, 1.807) is 74.9 Å². The molecule has 0 aliphatic rings. The van der Waals surface area contributed by atoms with E-state index in [0.717, 1.165) is 0 Å². The van der Waals surface area contributed by atoms with Crippen molar-refractivity contribution >= 4 is 19.3 Å². The fourth-order valence-corrected chi connectivity index (χ4v) is 4.42. The number of benzene rings is 3. The van der Waals surface area contributed by atoms with Gasteiger partial charge in [0.15, 0.2) is 12.4 Å². The molecule has 0 amide bonds. The van der Waals surface area contributed by atoms with Gasteiger partial charge in [-0.25, -0.2) is 0 Å². The zero-order valence-electron chi connectivity index (χ0n) is 19.4. The van der Waals surface area contributed by atoms with Crippen molar-refractivity contribution in [3.63, 3.8) is 0 Å². The van der Waals surface area contributed by atoms with E-state index in [2.05, 4.69) is 0 Å². The van der Waals surface area contributed by atoms with Gasteiger partial charge in [0.1, 0.15) is 23.0 Å². The number of methoxy groups -OCH3 is 2. The number of aromatic nitrogens is 1. The molecule has 0 fully saturated rings. The highest BCUT2D eigenvalue weighted by Gasteiger charge is 2.42. The van der Waals surface area contributed by atoms with E-state index in [0.29, 0.717) is 33.6 Å². The lowest BCUT2D eigenvalue weighted by molar-refractivity contribution is -0.536. The number of pyridine rings is 1.